The van der Waals surface area contributed by atoms with Crippen LogP contribution < -0.4 is 0 Å². The van der Waals surface area contributed by atoms with Gasteiger partial charge >= 0.3 is 12.1 Å². The summed E-state index contributed by atoms with van der Waals surface area (Å²) in [6.07, 6.45) is 3.39. The van der Waals surface area contributed by atoms with E-state index in [1.165, 1.54) is 0 Å². The van der Waals surface area contributed by atoms with Crippen molar-refractivity contribution in [2.24, 2.45) is 11.3 Å². The number of fused-ring (bicyclic) bond motifs is 1. The van der Waals surface area contributed by atoms with E-state index >= 15 is 0 Å². The average Bonchev–Trinajstić information content (AvgIpc) is 2.61. The molecule has 1 aliphatic heterocycles. The Bertz CT molecular complexity index is 415. The van der Waals surface area contributed by atoms with Crippen molar-refractivity contribution >= 4 is 12.1 Å². The number of carbonyl (C=O) groups is 2. The highest BCUT2D eigenvalue weighted by Crippen LogP contribution is 2.52. The molecule has 2 unspecified atom stereocenters. The van der Waals surface area contributed by atoms with Crippen molar-refractivity contribution in [2.75, 3.05) is 19.7 Å². The first-order valence-electron chi connectivity index (χ1n) is 7.93. The maximum Gasteiger partial charge on any atom is 0.410 e. The summed E-state index contributed by atoms with van der Waals surface area (Å²) in [5.41, 5.74) is -0.974. The van der Waals surface area contributed by atoms with Gasteiger partial charge in [-0.1, -0.05) is 13.3 Å². The Hall–Kier alpha value is -1.26. The van der Waals surface area contributed by atoms with Gasteiger partial charge in [0.15, 0.2) is 0 Å². The van der Waals surface area contributed by atoms with Crippen LogP contribution in [0.3, 0.4) is 0 Å². The standard InChI is InChI=1S/C16H27NO4/c1-5-6-9-20-13(18)16-8-7-12(16)10-17(11-16)14(19)21-15(2,3)4/h12H,5-11H2,1-4H3. The fourth-order valence-corrected chi connectivity index (χ4v) is 3.09. The molecular weight excluding hydrogens is 270 g/mol. The van der Waals surface area contributed by atoms with Crippen molar-refractivity contribution in [2.45, 2.75) is 59.0 Å². The Labute approximate surface area is 127 Å². The first-order chi connectivity index (χ1) is 9.78. The molecule has 1 aliphatic carbocycles. The van der Waals surface area contributed by atoms with Gasteiger partial charge in [0.2, 0.25) is 0 Å². The van der Waals surface area contributed by atoms with Gasteiger partial charge in [0, 0.05) is 13.1 Å². The molecule has 1 saturated carbocycles. The predicted octanol–water partition coefficient (Wildman–Crippen LogP) is 2.98. The van der Waals surface area contributed by atoms with Crippen LogP contribution >= 0.6 is 0 Å². The molecule has 0 N–H and O–H groups in total. The fourth-order valence-electron chi connectivity index (χ4n) is 3.09. The first kappa shape index (κ1) is 16.1. The highest BCUT2D eigenvalue weighted by molar-refractivity contribution is 5.81. The van der Waals surface area contributed by atoms with E-state index in [9.17, 15) is 9.59 Å². The number of esters is 1. The van der Waals surface area contributed by atoms with Gasteiger partial charge in [-0.2, -0.15) is 0 Å². The molecule has 1 saturated heterocycles. The Kier molecular flexibility index (Phi) is 4.49. The molecule has 0 bridgehead atoms. The Morgan fingerprint density at radius 3 is 2.57 bits per heavy atom. The largest absolute Gasteiger partial charge is 0.465 e. The van der Waals surface area contributed by atoms with E-state index < -0.39 is 11.0 Å². The summed E-state index contributed by atoms with van der Waals surface area (Å²) >= 11 is 0. The summed E-state index contributed by atoms with van der Waals surface area (Å²) in [4.78, 5) is 26.2. The summed E-state index contributed by atoms with van der Waals surface area (Å²) < 4.78 is 10.8. The minimum Gasteiger partial charge on any atom is -0.465 e. The molecule has 5 nitrogen and oxygen atoms in total. The fraction of sp³-hybridized carbons (Fsp3) is 0.875. The van der Waals surface area contributed by atoms with E-state index in [1.54, 1.807) is 4.90 Å². The van der Waals surface area contributed by atoms with Gasteiger partial charge in [0.05, 0.1) is 12.0 Å². The molecule has 1 amide bonds. The van der Waals surface area contributed by atoms with E-state index in [0.717, 1.165) is 25.7 Å². The molecule has 2 atom stereocenters. The molecule has 0 spiro atoms. The minimum atomic E-state index is -0.506. The second-order valence-electron chi connectivity index (χ2n) is 7.24. The number of hydrogen-bond acceptors (Lipinski definition) is 4. The maximum absolute atomic E-state index is 12.4. The van der Waals surface area contributed by atoms with E-state index in [4.69, 9.17) is 9.47 Å². The van der Waals surface area contributed by atoms with E-state index in [2.05, 4.69) is 6.92 Å². The van der Waals surface area contributed by atoms with Crippen LogP contribution in [0.25, 0.3) is 0 Å². The Morgan fingerprint density at radius 2 is 2.05 bits per heavy atom. The zero-order valence-electron chi connectivity index (χ0n) is 13.6. The molecule has 2 fully saturated rings. The maximum atomic E-state index is 12.4. The second kappa shape index (κ2) is 5.85. The summed E-state index contributed by atoms with van der Waals surface area (Å²) in [6.45, 7) is 9.16. The van der Waals surface area contributed by atoms with Gasteiger partial charge < -0.3 is 14.4 Å². The first-order valence-corrected chi connectivity index (χ1v) is 7.93. The lowest BCUT2D eigenvalue weighted by atomic mass is 9.62. The number of amides is 1. The molecule has 21 heavy (non-hydrogen) atoms. The molecular formula is C16H27NO4. The van der Waals surface area contributed by atoms with Crippen LogP contribution in [0.2, 0.25) is 0 Å². The highest BCUT2D eigenvalue weighted by Gasteiger charge is 2.60. The van der Waals surface area contributed by atoms with Gasteiger partial charge in [0.25, 0.3) is 0 Å². The molecule has 1 heterocycles. The lowest BCUT2D eigenvalue weighted by molar-refractivity contribution is -0.164. The third kappa shape index (κ3) is 3.33. The summed E-state index contributed by atoms with van der Waals surface area (Å²) in [5.74, 6) is 0.109. The second-order valence-corrected chi connectivity index (χ2v) is 7.24. The number of ether oxygens (including phenoxy) is 2. The number of carbonyl (C=O) groups excluding carboxylic acids is 2. The molecule has 2 rings (SSSR count). The van der Waals surface area contributed by atoms with Crippen molar-refractivity contribution in [1.29, 1.82) is 0 Å². The molecule has 0 aromatic rings. The van der Waals surface area contributed by atoms with Crippen molar-refractivity contribution in [3.63, 3.8) is 0 Å². The van der Waals surface area contributed by atoms with Gasteiger partial charge in [0.1, 0.15) is 5.60 Å². The van der Waals surface area contributed by atoms with Crippen LogP contribution in [0.4, 0.5) is 4.79 Å². The van der Waals surface area contributed by atoms with Crippen molar-refractivity contribution in [3.8, 4) is 0 Å². The minimum absolute atomic E-state index is 0.127. The van der Waals surface area contributed by atoms with Crippen LogP contribution in [0.1, 0.15) is 53.4 Å². The predicted molar refractivity (Wildman–Crippen MR) is 78.8 cm³/mol. The summed E-state index contributed by atoms with van der Waals surface area (Å²) in [7, 11) is 0. The monoisotopic (exact) mass is 297 g/mol. The van der Waals surface area contributed by atoms with E-state index in [1.807, 2.05) is 20.8 Å². The quantitative estimate of drug-likeness (QED) is 0.591. The highest BCUT2D eigenvalue weighted by atomic mass is 16.6. The van der Waals surface area contributed by atoms with Crippen LogP contribution in [-0.2, 0) is 14.3 Å². The van der Waals surface area contributed by atoms with Gasteiger partial charge in [-0.05, 0) is 46.0 Å². The third-order valence-corrected chi connectivity index (χ3v) is 4.42. The lowest BCUT2D eigenvalue weighted by Crippen LogP contribution is -2.47. The number of likely N-dealkylation sites (tertiary alicyclic amines) is 1. The molecule has 0 radical (unpaired) electrons. The smallest absolute Gasteiger partial charge is 0.410 e. The van der Waals surface area contributed by atoms with Crippen molar-refractivity contribution < 1.29 is 19.1 Å². The zero-order chi connectivity index (χ0) is 15.7. The van der Waals surface area contributed by atoms with Crippen molar-refractivity contribution in [3.05, 3.63) is 0 Å². The normalized spacial score (nSPS) is 27.8. The van der Waals surface area contributed by atoms with E-state index in [-0.39, 0.29) is 18.0 Å². The van der Waals surface area contributed by atoms with Gasteiger partial charge in [-0.25, -0.2) is 4.79 Å². The van der Waals surface area contributed by atoms with E-state index in [0.29, 0.717) is 19.7 Å². The SMILES string of the molecule is CCCCOC(=O)C12CCC1CN(C(=O)OC(C)(C)C)C2. The Morgan fingerprint density at radius 1 is 1.33 bits per heavy atom. The molecule has 2 aliphatic rings. The Balaban J connectivity index is 1.94. The van der Waals surface area contributed by atoms with Crippen LogP contribution in [-0.4, -0.2) is 42.3 Å². The van der Waals surface area contributed by atoms with Crippen LogP contribution in [0, 0.1) is 11.3 Å². The summed E-state index contributed by atoms with van der Waals surface area (Å²) in [6, 6.07) is 0. The number of hydrogen-bond donors (Lipinski definition) is 0. The van der Waals surface area contributed by atoms with Crippen LogP contribution in [0.15, 0.2) is 0 Å². The number of nitrogens with zero attached hydrogens (tertiary/aromatic N) is 1. The van der Waals surface area contributed by atoms with Gasteiger partial charge in [-0.15, -0.1) is 0 Å². The third-order valence-electron chi connectivity index (χ3n) is 4.42. The number of unbranched alkanes of at least 4 members (excludes halogenated alkanes) is 1. The van der Waals surface area contributed by atoms with Crippen molar-refractivity contribution in [1.82, 2.24) is 4.90 Å². The molecule has 120 valence electrons. The van der Waals surface area contributed by atoms with Crippen LogP contribution in [0.5, 0.6) is 0 Å². The lowest BCUT2D eigenvalue weighted by Gasteiger charge is -2.40. The average molecular weight is 297 g/mol. The van der Waals surface area contributed by atoms with Gasteiger partial charge in [-0.3, -0.25) is 4.79 Å². The topological polar surface area (TPSA) is 55.8 Å². The molecule has 0 aromatic heterocycles. The molecule has 0 aromatic carbocycles. The molecule has 5 heteroatoms. The zero-order valence-corrected chi connectivity index (χ0v) is 13.6. The summed E-state index contributed by atoms with van der Waals surface area (Å²) in [5, 5.41) is 0. The number of rotatable bonds is 4.